The van der Waals surface area contributed by atoms with Gasteiger partial charge in [-0.05, 0) is 24.1 Å². The molecule has 3 amide bonds. The molecule has 4 atom stereocenters. The number of carbonyl (C=O) groups is 6. The van der Waals surface area contributed by atoms with Gasteiger partial charge >= 0.3 is 17.9 Å². The number of carbonyl (C=O) groups excluding carboxylic acids is 3. The normalized spacial score (nSPS) is 14.0. The molecule has 35 heavy (non-hydrogen) atoms. The van der Waals surface area contributed by atoms with Gasteiger partial charge < -0.3 is 42.1 Å². The first-order valence-electron chi connectivity index (χ1n) is 10.1. The van der Waals surface area contributed by atoms with E-state index in [9.17, 15) is 33.9 Å². The van der Waals surface area contributed by atoms with E-state index in [2.05, 4.69) is 17.9 Å². The van der Waals surface area contributed by atoms with Gasteiger partial charge in [-0.1, -0.05) is 12.1 Å². The maximum Gasteiger partial charge on any atom is 0.327 e. The molecule has 0 heterocycles. The molecule has 0 saturated carbocycles. The second-order valence-electron chi connectivity index (χ2n) is 7.38. The zero-order valence-electron chi connectivity index (χ0n) is 18.2. The SMILES string of the molecule is NC(Cc1ccc(O)cc1)C(=O)NC(CC(=O)O)C(=O)NC(CC(=O)O)C(=O)NC(CS)C(=O)O. The van der Waals surface area contributed by atoms with E-state index < -0.39 is 72.6 Å². The maximum atomic E-state index is 12.7. The predicted molar refractivity (Wildman–Crippen MR) is 122 cm³/mol. The van der Waals surface area contributed by atoms with Crippen molar-refractivity contribution in [1.82, 2.24) is 16.0 Å². The summed E-state index contributed by atoms with van der Waals surface area (Å²) in [4.78, 5) is 70.9. The number of hydrogen-bond donors (Lipinski definition) is 9. The minimum absolute atomic E-state index is 0.00559. The summed E-state index contributed by atoms with van der Waals surface area (Å²) in [7, 11) is 0. The van der Waals surface area contributed by atoms with Gasteiger partial charge in [0.25, 0.3) is 0 Å². The summed E-state index contributed by atoms with van der Waals surface area (Å²) in [6, 6.07) is -0.438. The third-order valence-corrected chi connectivity index (χ3v) is 4.91. The number of aliphatic carboxylic acids is 3. The molecule has 0 aliphatic heterocycles. The van der Waals surface area contributed by atoms with Crippen molar-refractivity contribution in [2.75, 3.05) is 5.75 Å². The Balaban J connectivity index is 2.95. The molecule has 0 aromatic heterocycles. The fraction of sp³-hybridized carbons (Fsp3) is 0.400. The van der Waals surface area contributed by atoms with Gasteiger partial charge in [0.2, 0.25) is 17.7 Å². The molecular weight excluding hydrogens is 488 g/mol. The molecule has 0 aliphatic rings. The minimum Gasteiger partial charge on any atom is -0.508 e. The van der Waals surface area contributed by atoms with Crippen LogP contribution in [0.5, 0.6) is 5.75 Å². The van der Waals surface area contributed by atoms with E-state index in [0.717, 1.165) is 0 Å². The Bertz CT molecular complexity index is 956. The largest absolute Gasteiger partial charge is 0.508 e. The number of thiol groups is 1. The van der Waals surface area contributed by atoms with Crippen molar-refractivity contribution in [1.29, 1.82) is 0 Å². The number of rotatable bonds is 14. The fourth-order valence-electron chi connectivity index (χ4n) is 2.76. The van der Waals surface area contributed by atoms with Crippen molar-refractivity contribution in [2.24, 2.45) is 5.73 Å². The number of nitrogens with two attached hydrogens (primary N) is 1. The van der Waals surface area contributed by atoms with E-state index in [0.29, 0.717) is 5.56 Å². The van der Waals surface area contributed by atoms with Gasteiger partial charge in [-0.3, -0.25) is 24.0 Å². The van der Waals surface area contributed by atoms with Crippen LogP contribution in [0.2, 0.25) is 0 Å². The second kappa shape index (κ2) is 13.8. The number of benzene rings is 1. The molecule has 1 aromatic rings. The lowest BCUT2D eigenvalue weighted by Crippen LogP contribution is -2.58. The predicted octanol–water partition coefficient (Wildman–Crippen LogP) is -2.32. The topological polar surface area (TPSA) is 245 Å². The van der Waals surface area contributed by atoms with Gasteiger partial charge in [0, 0.05) is 5.75 Å². The summed E-state index contributed by atoms with van der Waals surface area (Å²) >= 11 is 3.77. The average Bonchev–Trinajstić information content (AvgIpc) is 2.76. The Morgan fingerprint density at radius 3 is 1.60 bits per heavy atom. The van der Waals surface area contributed by atoms with Gasteiger partial charge in [-0.25, -0.2) is 4.79 Å². The zero-order chi connectivity index (χ0) is 26.7. The van der Waals surface area contributed by atoms with Crippen molar-refractivity contribution in [3.63, 3.8) is 0 Å². The Labute approximate surface area is 204 Å². The summed E-state index contributed by atoms with van der Waals surface area (Å²) in [6.45, 7) is 0. The van der Waals surface area contributed by atoms with Crippen LogP contribution in [0.4, 0.5) is 0 Å². The molecule has 0 spiro atoms. The highest BCUT2D eigenvalue weighted by atomic mass is 32.1. The van der Waals surface area contributed by atoms with Crippen LogP contribution in [0.1, 0.15) is 18.4 Å². The van der Waals surface area contributed by atoms with Crippen molar-refractivity contribution in [2.45, 2.75) is 43.4 Å². The first-order chi connectivity index (χ1) is 16.3. The average molecular weight is 515 g/mol. The van der Waals surface area contributed by atoms with Gasteiger partial charge in [0.1, 0.15) is 23.9 Å². The van der Waals surface area contributed by atoms with Crippen molar-refractivity contribution in [3.8, 4) is 5.75 Å². The molecule has 14 nitrogen and oxygen atoms in total. The van der Waals surface area contributed by atoms with E-state index >= 15 is 0 Å². The highest BCUT2D eigenvalue weighted by molar-refractivity contribution is 7.80. The van der Waals surface area contributed by atoms with Crippen molar-refractivity contribution >= 4 is 48.3 Å². The number of phenols is 1. The molecule has 1 rings (SSSR count). The fourth-order valence-corrected chi connectivity index (χ4v) is 3.00. The molecule has 4 unspecified atom stereocenters. The van der Waals surface area contributed by atoms with Crippen LogP contribution in [0, 0.1) is 0 Å². The first kappa shape index (κ1) is 29.2. The van der Waals surface area contributed by atoms with Crippen LogP contribution in [-0.2, 0) is 35.2 Å². The molecule has 0 aliphatic carbocycles. The third kappa shape index (κ3) is 10.3. The number of carboxylic acids is 3. The quantitative estimate of drug-likeness (QED) is 0.119. The van der Waals surface area contributed by atoms with Gasteiger partial charge in [0.05, 0.1) is 18.9 Å². The van der Waals surface area contributed by atoms with Crippen LogP contribution in [0.25, 0.3) is 0 Å². The van der Waals surface area contributed by atoms with E-state index in [1.807, 2.05) is 10.6 Å². The van der Waals surface area contributed by atoms with Crippen LogP contribution in [-0.4, -0.2) is 86.0 Å². The van der Waals surface area contributed by atoms with Gasteiger partial charge in [0.15, 0.2) is 0 Å². The number of carboxylic acid groups (broad SMARTS) is 3. The highest BCUT2D eigenvalue weighted by Gasteiger charge is 2.32. The number of amides is 3. The third-order valence-electron chi connectivity index (χ3n) is 4.55. The van der Waals surface area contributed by atoms with Gasteiger partial charge in [-0.2, -0.15) is 12.6 Å². The second-order valence-corrected chi connectivity index (χ2v) is 7.74. The van der Waals surface area contributed by atoms with E-state index in [1.165, 1.54) is 24.3 Å². The summed E-state index contributed by atoms with van der Waals surface area (Å²) in [5, 5.41) is 42.7. The van der Waals surface area contributed by atoms with E-state index in [1.54, 1.807) is 0 Å². The molecule has 0 saturated heterocycles. The molecule has 192 valence electrons. The standard InChI is InChI=1S/C20H26N4O10S/c21-11(5-9-1-3-10(25)4-2-9)17(30)22-12(6-15(26)27)18(31)23-13(7-16(28)29)19(32)24-14(8-35)20(33)34/h1-4,11-14,25,35H,5-8,21H2,(H,22,30)(H,23,31)(H,24,32)(H,26,27)(H,28,29)(H,33,34). The maximum absolute atomic E-state index is 12.7. The molecule has 0 bridgehead atoms. The lowest BCUT2D eigenvalue weighted by molar-refractivity contribution is -0.144. The molecule has 15 heteroatoms. The molecule has 9 N–H and O–H groups in total. The van der Waals surface area contributed by atoms with Gasteiger partial charge in [-0.15, -0.1) is 0 Å². The van der Waals surface area contributed by atoms with Crippen molar-refractivity contribution in [3.05, 3.63) is 29.8 Å². The van der Waals surface area contributed by atoms with E-state index in [4.69, 9.17) is 21.1 Å². The monoisotopic (exact) mass is 514 g/mol. The Hall–Kier alpha value is -3.85. The zero-order valence-corrected chi connectivity index (χ0v) is 19.1. The Morgan fingerprint density at radius 1 is 0.771 bits per heavy atom. The molecular formula is C20H26N4O10S. The van der Waals surface area contributed by atoms with Crippen LogP contribution < -0.4 is 21.7 Å². The number of hydrogen-bond acceptors (Lipinski definition) is 9. The Morgan fingerprint density at radius 2 is 1.20 bits per heavy atom. The lowest BCUT2D eigenvalue weighted by atomic mass is 10.0. The highest BCUT2D eigenvalue weighted by Crippen LogP contribution is 2.11. The van der Waals surface area contributed by atoms with Crippen LogP contribution in [0.15, 0.2) is 24.3 Å². The lowest BCUT2D eigenvalue weighted by Gasteiger charge is -2.23. The smallest absolute Gasteiger partial charge is 0.327 e. The number of aromatic hydroxyl groups is 1. The summed E-state index contributed by atoms with van der Waals surface area (Å²) < 4.78 is 0. The van der Waals surface area contributed by atoms with Crippen LogP contribution >= 0.6 is 12.6 Å². The first-order valence-corrected chi connectivity index (χ1v) is 10.7. The minimum atomic E-state index is -1.78. The summed E-state index contributed by atoms with van der Waals surface area (Å²) in [5.41, 5.74) is 6.39. The molecule has 1 aromatic carbocycles. The van der Waals surface area contributed by atoms with Crippen molar-refractivity contribution < 1.29 is 49.2 Å². The number of phenolic OH excluding ortho intramolecular Hbond substituents is 1. The summed E-state index contributed by atoms with van der Waals surface area (Å²) in [6.07, 6.45) is -1.89. The Kier molecular flexibility index (Phi) is 11.5. The van der Waals surface area contributed by atoms with E-state index in [-0.39, 0.29) is 17.9 Å². The number of nitrogens with one attached hydrogen (secondary N) is 3. The molecule has 0 fully saturated rings. The van der Waals surface area contributed by atoms with Crippen LogP contribution in [0.3, 0.4) is 0 Å². The summed E-state index contributed by atoms with van der Waals surface area (Å²) in [5.74, 6) is -8.05. The molecule has 0 radical (unpaired) electrons.